The Kier molecular flexibility index (Phi) is 13.7. The summed E-state index contributed by atoms with van der Waals surface area (Å²) in [6, 6.07) is 7.81. The highest BCUT2D eigenvalue weighted by Crippen LogP contribution is 2.24. The highest BCUT2D eigenvalue weighted by Gasteiger charge is 2.35. The molecule has 0 aliphatic carbocycles. The SMILES string of the molecule is CCCCNC(=O)C(c1ccccc1)N(CCCC)C(=O)C(CCSC)NC(=O)OC(C)(C)C. The third-order valence-electron chi connectivity index (χ3n) is 5.14. The van der Waals surface area contributed by atoms with E-state index < -0.39 is 23.8 Å². The molecule has 0 bridgehead atoms. The molecule has 1 aromatic rings. The number of thioether (sulfide) groups is 1. The second-order valence-electron chi connectivity index (χ2n) is 9.32. The van der Waals surface area contributed by atoms with E-state index in [9.17, 15) is 14.4 Å². The van der Waals surface area contributed by atoms with Crippen molar-refractivity contribution in [3.05, 3.63) is 35.9 Å². The van der Waals surface area contributed by atoms with Crippen LogP contribution >= 0.6 is 11.8 Å². The Balaban J connectivity index is 3.30. The maximum Gasteiger partial charge on any atom is 0.408 e. The van der Waals surface area contributed by atoms with Crippen LogP contribution in [0.4, 0.5) is 4.79 Å². The van der Waals surface area contributed by atoms with Crippen molar-refractivity contribution in [1.29, 1.82) is 0 Å². The number of hydrogen-bond acceptors (Lipinski definition) is 5. The topological polar surface area (TPSA) is 87.7 Å². The Labute approximate surface area is 209 Å². The Morgan fingerprint density at radius 3 is 2.26 bits per heavy atom. The third-order valence-corrected chi connectivity index (χ3v) is 5.78. The molecule has 7 nitrogen and oxygen atoms in total. The summed E-state index contributed by atoms with van der Waals surface area (Å²) in [6.07, 6.45) is 5.22. The van der Waals surface area contributed by atoms with Crippen molar-refractivity contribution in [2.75, 3.05) is 25.1 Å². The predicted octanol–water partition coefficient (Wildman–Crippen LogP) is 4.92. The lowest BCUT2D eigenvalue weighted by Crippen LogP contribution is -2.53. The Morgan fingerprint density at radius 1 is 1.06 bits per heavy atom. The number of carbonyl (C=O) groups excluding carboxylic acids is 3. The summed E-state index contributed by atoms with van der Waals surface area (Å²) >= 11 is 1.60. The number of benzene rings is 1. The van der Waals surface area contributed by atoms with Crippen LogP contribution in [0.5, 0.6) is 0 Å². The van der Waals surface area contributed by atoms with Gasteiger partial charge in [-0.15, -0.1) is 0 Å². The van der Waals surface area contributed by atoms with Gasteiger partial charge in [0.05, 0.1) is 0 Å². The van der Waals surface area contributed by atoms with Gasteiger partial charge in [0.2, 0.25) is 11.8 Å². The first kappa shape index (κ1) is 29.8. The molecule has 192 valence electrons. The van der Waals surface area contributed by atoms with Gasteiger partial charge in [0.1, 0.15) is 17.7 Å². The van der Waals surface area contributed by atoms with E-state index in [0.717, 1.165) is 31.2 Å². The quantitative estimate of drug-likeness (QED) is 0.359. The summed E-state index contributed by atoms with van der Waals surface area (Å²) in [4.78, 5) is 41.4. The van der Waals surface area contributed by atoms with Crippen LogP contribution in [-0.4, -0.2) is 59.5 Å². The lowest BCUT2D eigenvalue weighted by Gasteiger charge is -2.34. The second kappa shape index (κ2) is 15.6. The molecule has 2 unspecified atom stereocenters. The molecule has 0 saturated carbocycles. The highest BCUT2D eigenvalue weighted by atomic mass is 32.2. The average molecular weight is 494 g/mol. The van der Waals surface area contributed by atoms with E-state index in [2.05, 4.69) is 17.6 Å². The number of carbonyl (C=O) groups is 3. The molecule has 0 spiro atoms. The zero-order valence-corrected chi connectivity index (χ0v) is 22.5. The van der Waals surface area contributed by atoms with Crippen LogP contribution in [0.3, 0.4) is 0 Å². The molecule has 0 aliphatic rings. The van der Waals surface area contributed by atoms with Crippen LogP contribution in [0.25, 0.3) is 0 Å². The van der Waals surface area contributed by atoms with Gasteiger partial charge in [-0.2, -0.15) is 11.8 Å². The summed E-state index contributed by atoms with van der Waals surface area (Å²) in [6.45, 7) is 10.4. The van der Waals surface area contributed by atoms with Crippen LogP contribution in [0.1, 0.15) is 78.3 Å². The van der Waals surface area contributed by atoms with Crippen LogP contribution in [-0.2, 0) is 14.3 Å². The molecule has 0 heterocycles. The molecule has 0 fully saturated rings. The number of rotatable bonds is 14. The van der Waals surface area contributed by atoms with Gasteiger partial charge < -0.3 is 20.3 Å². The Hall–Kier alpha value is -2.22. The van der Waals surface area contributed by atoms with E-state index in [4.69, 9.17) is 4.74 Å². The van der Waals surface area contributed by atoms with Crippen molar-refractivity contribution in [3.8, 4) is 0 Å². The van der Waals surface area contributed by atoms with E-state index in [-0.39, 0.29) is 11.8 Å². The van der Waals surface area contributed by atoms with Crippen LogP contribution in [0.2, 0.25) is 0 Å². The molecule has 2 N–H and O–H groups in total. The molecule has 2 atom stereocenters. The maximum atomic E-state index is 13.9. The molecule has 1 aromatic carbocycles. The molecule has 34 heavy (non-hydrogen) atoms. The molecule has 0 aliphatic heterocycles. The molecular weight excluding hydrogens is 450 g/mol. The van der Waals surface area contributed by atoms with Crippen molar-refractivity contribution in [2.24, 2.45) is 0 Å². The second-order valence-corrected chi connectivity index (χ2v) is 10.3. The fourth-order valence-electron chi connectivity index (χ4n) is 3.43. The first-order valence-corrected chi connectivity index (χ1v) is 13.7. The third kappa shape index (κ3) is 10.8. The van der Waals surface area contributed by atoms with E-state index in [1.54, 1.807) is 37.4 Å². The summed E-state index contributed by atoms with van der Waals surface area (Å²) in [7, 11) is 0. The number of hydrogen-bond donors (Lipinski definition) is 2. The van der Waals surface area contributed by atoms with Crippen molar-refractivity contribution >= 4 is 29.7 Å². The fourth-order valence-corrected chi connectivity index (χ4v) is 3.90. The van der Waals surface area contributed by atoms with Gasteiger partial charge in [0.15, 0.2) is 0 Å². The van der Waals surface area contributed by atoms with E-state index >= 15 is 0 Å². The number of nitrogens with zero attached hydrogens (tertiary/aromatic N) is 1. The molecular formula is C26H43N3O4S. The van der Waals surface area contributed by atoms with Crippen LogP contribution < -0.4 is 10.6 Å². The van der Waals surface area contributed by atoms with Gasteiger partial charge >= 0.3 is 6.09 Å². The molecule has 3 amide bonds. The van der Waals surface area contributed by atoms with Crippen molar-refractivity contribution in [3.63, 3.8) is 0 Å². The number of nitrogens with one attached hydrogen (secondary N) is 2. The summed E-state index contributed by atoms with van der Waals surface area (Å²) in [5.41, 5.74) is 0.0759. The number of unbranched alkanes of at least 4 members (excludes halogenated alkanes) is 2. The number of ether oxygens (including phenoxy) is 1. The average Bonchev–Trinajstić information content (AvgIpc) is 2.78. The fraction of sp³-hybridized carbons (Fsp3) is 0.654. The van der Waals surface area contributed by atoms with Gasteiger partial charge in [-0.25, -0.2) is 4.79 Å². The lowest BCUT2D eigenvalue weighted by molar-refractivity contribution is -0.142. The minimum Gasteiger partial charge on any atom is -0.444 e. The van der Waals surface area contributed by atoms with Gasteiger partial charge in [0, 0.05) is 13.1 Å². The summed E-state index contributed by atoms with van der Waals surface area (Å²) in [5.74, 6) is 0.213. The predicted molar refractivity (Wildman–Crippen MR) is 140 cm³/mol. The molecule has 1 rings (SSSR count). The van der Waals surface area contributed by atoms with Gasteiger partial charge in [-0.3, -0.25) is 9.59 Å². The van der Waals surface area contributed by atoms with Gasteiger partial charge in [0.25, 0.3) is 0 Å². The standard InChI is InChI=1S/C26H43N3O4S/c1-7-9-17-27-23(30)22(20-14-12-11-13-15-20)29(18-10-8-2)24(31)21(16-19-34-6)28-25(32)33-26(3,4)5/h11-15,21-22H,7-10,16-19H2,1-6H3,(H,27,30)(H,28,32). The first-order valence-electron chi connectivity index (χ1n) is 12.3. The minimum absolute atomic E-state index is 0.204. The molecule has 0 radical (unpaired) electrons. The normalized spacial score (nSPS) is 13.0. The van der Waals surface area contributed by atoms with Gasteiger partial charge in [-0.1, -0.05) is 57.0 Å². The summed E-state index contributed by atoms with van der Waals surface area (Å²) in [5, 5.41) is 5.76. The largest absolute Gasteiger partial charge is 0.444 e. The first-order chi connectivity index (χ1) is 16.1. The maximum absolute atomic E-state index is 13.9. The smallest absolute Gasteiger partial charge is 0.408 e. The highest BCUT2D eigenvalue weighted by molar-refractivity contribution is 7.98. The lowest BCUT2D eigenvalue weighted by atomic mass is 10.0. The van der Waals surface area contributed by atoms with E-state index in [1.165, 1.54) is 0 Å². The zero-order chi connectivity index (χ0) is 25.6. The number of alkyl carbamates (subject to hydrolysis) is 1. The minimum atomic E-state index is -0.784. The van der Waals surface area contributed by atoms with Crippen molar-refractivity contribution < 1.29 is 19.1 Å². The zero-order valence-electron chi connectivity index (χ0n) is 21.7. The molecule has 0 aromatic heterocycles. The van der Waals surface area contributed by atoms with Crippen LogP contribution in [0, 0.1) is 0 Å². The van der Waals surface area contributed by atoms with Crippen molar-refractivity contribution in [1.82, 2.24) is 15.5 Å². The Morgan fingerprint density at radius 2 is 1.71 bits per heavy atom. The van der Waals surface area contributed by atoms with Crippen molar-refractivity contribution in [2.45, 2.75) is 84.4 Å². The Bertz CT molecular complexity index is 752. The van der Waals surface area contributed by atoms with E-state index in [1.807, 2.05) is 43.5 Å². The molecule has 8 heteroatoms. The van der Waals surface area contributed by atoms with Crippen LogP contribution in [0.15, 0.2) is 30.3 Å². The van der Waals surface area contributed by atoms with Gasteiger partial charge in [-0.05, 0) is 57.6 Å². The number of amides is 3. The summed E-state index contributed by atoms with van der Waals surface area (Å²) < 4.78 is 5.41. The monoisotopic (exact) mass is 493 g/mol. The molecule has 0 saturated heterocycles. The van der Waals surface area contributed by atoms with E-state index in [0.29, 0.717) is 25.3 Å².